The van der Waals surface area contributed by atoms with Gasteiger partial charge in [0.25, 0.3) is 11.8 Å². The molecule has 0 radical (unpaired) electrons. The molecule has 3 aromatic rings. The van der Waals surface area contributed by atoms with Crippen molar-refractivity contribution in [1.29, 1.82) is 0 Å². The van der Waals surface area contributed by atoms with Crippen molar-refractivity contribution in [3.63, 3.8) is 0 Å². The number of amides is 9. The molecule has 124 heavy (non-hydrogen) atoms. The first kappa shape index (κ1) is 111. The average Bonchev–Trinajstić information content (AvgIpc) is 1.31. The molecule has 0 aromatic carbocycles. The Labute approximate surface area is 735 Å². The largest absolute Gasteiger partial charge is 0.348 e. The third kappa shape index (κ3) is 46.5. The van der Waals surface area contributed by atoms with Gasteiger partial charge in [-0.1, -0.05) is 19.8 Å². The molecule has 47 nitrogen and oxygen atoms in total. The van der Waals surface area contributed by atoms with Gasteiger partial charge in [0.05, 0.1) is 106 Å². The number of hydrogen-bond acceptors (Lipinski definition) is 39. The smallest absolute Gasteiger partial charge is 0.315 e. The third-order valence-electron chi connectivity index (χ3n) is 18.6. The number of aldehydes is 3. The van der Waals surface area contributed by atoms with E-state index in [1.54, 1.807) is 11.8 Å². The summed E-state index contributed by atoms with van der Waals surface area (Å²) in [6, 6.07) is -12.1. The summed E-state index contributed by atoms with van der Waals surface area (Å²) in [6.07, 6.45) is 13.0. The van der Waals surface area contributed by atoms with Gasteiger partial charge in [0.1, 0.15) is 24.9 Å². The Morgan fingerprint density at radius 1 is 0.435 bits per heavy atom. The number of unbranched alkanes of at least 4 members (excludes halogenated alkanes) is 3. The fourth-order valence-electron chi connectivity index (χ4n) is 11.7. The van der Waals surface area contributed by atoms with Gasteiger partial charge in [-0.2, -0.15) is 37.9 Å². The van der Waals surface area contributed by atoms with Crippen LogP contribution in [0, 0.1) is 0 Å². The van der Waals surface area contributed by atoms with Crippen LogP contribution in [0.4, 0.5) is 4.79 Å². The van der Waals surface area contributed by atoms with Gasteiger partial charge in [-0.05, 0) is 71.0 Å². The Morgan fingerprint density at radius 3 is 1.20 bits per heavy atom. The molecular weight excluding hydrogens is 1680 g/mol. The molecule has 10 atom stereocenters. The van der Waals surface area contributed by atoms with Gasteiger partial charge in [0.2, 0.25) is 64.2 Å². The first-order valence-electron chi connectivity index (χ1n) is 40.7. The van der Waals surface area contributed by atoms with Crippen LogP contribution in [0.25, 0.3) is 0 Å². The number of aromatic nitrogens is 6. The van der Waals surface area contributed by atoms with Crippen LogP contribution in [0.5, 0.6) is 0 Å². The van der Waals surface area contributed by atoms with E-state index in [2.05, 4.69) is 153 Å². The highest BCUT2D eigenvalue weighted by molar-refractivity contribution is 7.80. The van der Waals surface area contributed by atoms with Crippen molar-refractivity contribution >= 4 is 145 Å². The minimum absolute atomic E-state index is 0.0137. The molecule has 3 heterocycles. The summed E-state index contributed by atoms with van der Waals surface area (Å²) in [5, 5.41) is 28.1. The van der Waals surface area contributed by atoms with Gasteiger partial charge >= 0.3 is 6.03 Å². The van der Waals surface area contributed by atoms with Crippen molar-refractivity contribution in [2.45, 2.75) is 157 Å². The Balaban J connectivity index is 0.00000487. The summed E-state index contributed by atoms with van der Waals surface area (Å²) in [4.78, 5) is 259. The molecule has 0 bridgehead atoms. The topological polar surface area (TPSA) is 736 Å². The number of hydrazine groups is 2. The zero-order chi connectivity index (χ0) is 92.0. The standard InChI is InChI=1S/C68H109N25O18S3.C6H18N4/c1-2-47(26-82-67(110)64(107)53(37-114)81-28-56(99)62(105)49(10-4-7-13-70)90-92-60(103)31-79-46(34-96)21-43-25-74-40-85-43)93(17-15-75-66(109)63(106)52(36-113)80-27-55(98)61(104)48(9-3-6-12-69)89-91-59(102)30-78-45(33-95)20-42-24-73-39-84-42)18-16-76-68(111)87-51(35-112)54(97)22-57(100)86-50(11-5-8-14-71)65(108)88-58(101)29-77-44(32-94)19-41-23-72-38-83-41;7-1-4-10(5-2-8)6-3-9/h23-25,32-34,38-40,44-53,77-81,89-90,112-114H,2-22,26-31,35-37,69-71H2,1H3,(H,72,83)(H,73,84)(H,74,85)(H,75,109)(H,82,110)(H,86,100)(H,91,102)(H,92,103)(H2,76,87,111)(H,88,101,108);1-9H2/t44-,45-,46-,47?,48-,49-,50-,51-,52-,53-;/m0./s1. The number of thiol groups is 3. The number of ketones is 7. The molecule has 0 saturated carbocycles. The number of imide groups is 1. The maximum Gasteiger partial charge on any atom is 0.315 e. The van der Waals surface area contributed by atoms with Crippen LogP contribution in [0.15, 0.2) is 37.6 Å². The lowest BCUT2D eigenvalue weighted by Gasteiger charge is -2.31. The Bertz CT molecular complexity index is 3710. The van der Waals surface area contributed by atoms with Crippen molar-refractivity contribution in [2.24, 2.45) is 34.4 Å². The van der Waals surface area contributed by atoms with Crippen molar-refractivity contribution in [3.8, 4) is 0 Å². The highest BCUT2D eigenvalue weighted by atomic mass is 32.1. The first-order chi connectivity index (χ1) is 59.7. The molecule has 1 unspecified atom stereocenters. The molecule has 0 aliphatic rings. The quantitative estimate of drug-likeness (QED) is 0.00623. The monoisotopic (exact) mass is 1810 g/mol. The molecule has 3 aromatic heterocycles. The average molecular weight is 1810 g/mol. The van der Waals surface area contributed by atoms with E-state index in [4.69, 9.17) is 34.4 Å². The van der Waals surface area contributed by atoms with Crippen LogP contribution in [0.1, 0.15) is 94.6 Å². The Kier molecular flexibility index (Phi) is 59.7. The normalized spacial score (nSPS) is 13.6. The fourth-order valence-corrected chi connectivity index (χ4v) is 12.6. The molecule has 3 rings (SSSR count). The number of Topliss-reactive ketones (excluding diaryl/α,β-unsaturated/α-hetero) is 7. The summed E-state index contributed by atoms with van der Waals surface area (Å²) in [5.74, 6) is -14.4. The van der Waals surface area contributed by atoms with E-state index >= 15 is 0 Å². The van der Waals surface area contributed by atoms with Crippen LogP contribution >= 0.6 is 37.9 Å². The molecule has 0 fully saturated rings. The van der Waals surface area contributed by atoms with Crippen molar-refractivity contribution in [1.82, 2.24) is 120 Å². The third-order valence-corrected chi connectivity index (χ3v) is 19.7. The number of imidazole rings is 3. The second kappa shape index (κ2) is 67.0. The van der Waals surface area contributed by atoms with Crippen LogP contribution < -0.4 is 115 Å². The van der Waals surface area contributed by atoms with E-state index in [0.717, 1.165) is 19.6 Å². The molecule has 694 valence electrons. The highest BCUT2D eigenvalue weighted by Gasteiger charge is 2.34. The number of carbonyl (C=O) groups is 18. The van der Waals surface area contributed by atoms with Gasteiger partial charge < -0.3 is 90.3 Å². The SMILES string of the molecule is CCC(CNC(=O)C(=O)[C@H](CS)NCC(=O)C(=O)[C@H](CCCCN)NNC(=O)CN[C@H](C=O)Cc1cnc[nH]1)N(CCNC(=O)N[C@@H](CS)C(=O)CC(=O)N[C@@H](CCCCN)C(=O)NC(=O)CN[C@H](C=O)Cc1cnc[nH]1)CCNC(=O)C(=O)[C@H](CS)NCC(=O)C(=O)[C@H](CCCCN)NNC(=O)CN[C@H](C=O)Cc1cnc[nH]1.NCCN(CCN)CCN. The number of aromatic amines is 3. The lowest BCUT2D eigenvalue weighted by atomic mass is 10.0. The Hall–Kier alpha value is -9.46. The summed E-state index contributed by atoms with van der Waals surface area (Å²) in [7, 11) is 0. The zero-order valence-corrected chi connectivity index (χ0v) is 72.5. The predicted molar refractivity (Wildman–Crippen MR) is 465 cm³/mol. The molecule has 50 heteroatoms. The van der Waals surface area contributed by atoms with Crippen LogP contribution in [0.2, 0.25) is 0 Å². The van der Waals surface area contributed by atoms with Gasteiger partial charge in [0, 0.05) is 150 Å². The van der Waals surface area contributed by atoms with Gasteiger partial charge in [-0.3, -0.25) is 120 Å². The van der Waals surface area contributed by atoms with E-state index in [-0.39, 0.29) is 128 Å². The first-order valence-corrected chi connectivity index (χ1v) is 42.6. The minimum Gasteiger partial charge on any atom is -0.348 e. The maximum absolute atomic E-state index is 13.7. The number of H-pyrrole nitrogens is 3. The van der Waals surface area contributed by atoms with E-state index in [0.29, 0.717) is 94.1 Å². The predicted octanol–water partition coefficient (Wildman–Crippen LogP) is -10.9. The number of rotatable bonds is 73. The van der Waals surface area contributed by atoms with E-state index in [1.165, 1.54) is 37.6 Å². The number of hydrogen-bond donors (Lipinski definition) is 27. The van der Waals surface area contributed by atoms with Crippen LogP contribution in [-0.2, 0) is 101 Å². The van der Waals surface area contributed by atoms with Crippen molar-refractivity contribution < 1.29 is 86.3 Å². The summed E-state index contributed by atoms with van der Waals surface area (Å²) < 4.78 is 0. The highest BCUT2D eigenvalue weighted by Crippen LogP contribution is 2.10. The van der Waals surface area contributed by atoms with Gasteiger partial charge in [0.15, 0.2) is 5.78 Å². The lowest BCUT2D eigenvalue weighted by molar-refractivity contribution is -0.140. The second-order valence-corrected chi connectivity index (χ2v) is 29.3. The van der Waals surface area contributed by atoms with Gasteiger partial charge in [-0.15, -0.1) is 0 Å². The Morgan fingerprint density at radius 2 is 0.831 bits per heavy atom. The minimum atomic E-state index is -1.43. The molecule has 9 amide bonds. The van der Waals surface area contributed by atoms with E-state index in [1.807, 2.05) is 0 Å². The number of urea groups is 1. The molecular formula is C74H127N29O18S3. The van der Waals surface area contributed by atoms with E-state index < -0.39 is 174 Å². The number of nitrogens with one attached hydrogen (secondary N) is 18. The molecule has 0 saturated heterocycles. The number of nitrogens with two attached hydrogens (primary N) is 6. The molecule has 0 spiro atoms. The summed E-state index contributed by atoms with van der Waals surface area (Å²) in [5.41, 5.74) is 44.8. The number of carbonyl (C=O) groups excluding carboxylic acids is 18. The van der Waals surface area contributed by atoms with E-state index in [9.17, 15) is 86.3 Å². The second-order valence-electron chi connectivity index (χ2n) is 28.2. The molecule has 0 aliphatic heterocycles. The molecule has 0 aliphatic carbocycles. The zero-order valence-electron chi connectivity index (χ0n) is 69.8. The van der Waals surface area contributed by atoms with Crippen molar-refractivity contribution in [3.05, 3.63) is 54.7 Å². The summed E-state index contributed by atoms with van der Waals surface area (Å²) >= 11 is 12.6. The lowest BCUT2D eigenvalue weighted by Crippen LogP contribution is -2.55. The fraction of sp³-hybridized carbons (Fsp3) is 0.635. The maximum atomic E-state index is 13.7. The van der Waals surface area contributed by atoms with Crippen LogP contribution in [0.3, 0.4) is 0 Å². The summed E-state index contributed by atoms with van der Waals surface area (Å²) in [6.45, 7) is 3.47. The number of nitrogens with zero attached hydrogens (tertiary/aromatic N) is 5. The van der Waals surface area contributed by atoms with Crippen LogP contribution in [-0.4, -0.2) is 348 Å². The van der Waals surface area contributed by atoms with Crippen molar-refractivity contribution in [2.75, 3.05) is 142 Å². The molecule has 30 N–H and O–H groups in total. The van der Waals surface area contributed by atoms with Gasteiger partial charge in [-0.25, -0.2) is 30.6 Å².